The first-order valence-corrected chi connectivity index (χ1v) is 9.59. The molecule has 1 heterocycles. The van der Waals surface area contributed by atoms with Gasteiger partial charge in [-0.2, -0.15) is 4.31 Å². The number of hydrogen-bond donors (Lipinski definition) is 1. The van der Waals surface area contributed by atoms with Gasteiger partial charge < -0.3 is 10.6 Å². The Bertz CT molecular complexity index is 923. The molecule has 1 aliphatic heterocycles. The summed E-state index contributed by atoms with van der Waals surface area (Å²) >= 11 is 0. The van der Waals surface area contributed by atoms with Gasteiger partial charge in [0, 0.05) is 37.9 Å². The summed E-state index contributed by atoms with van der Waals surface area (Å²) in [4.78, 5) is 13.0. The Kier molecular flexibility index (Phi) is 4.84. The maximum atomic E-state index is 12.7. The van der Waals surface area contributed by atoms with Gasteiger partial charge in [0.2, 0.25) is 10.0 Å². The number of nitro benzene ring substituents is 1. The molecule has 3 rings (SSSR count). The van der Waals surface area contributed by atoms with Crippen LogP contribution in [0.4, 0.5) is 17.1 Å². The van der Waals surface area contributed by atoms with E-state index in [9.17, 15) is 18.5 Å². The zero-order chi connectivity index (χ0) is 18.9. The van der Waals surface area contributed by atoms with Gasteiger partial charge in [-0.25, -0.2) is 8.42 Å². The second-order valence-corrected chi connectivity index (χ2v) is 8.10. The smallest absolute Gasteiger partial charge is 0.292 e. The molecule has 0 aliphatic carbocycles. The molecule has 0 atom stereocenters. The molecule has 0 bridgehead atoms. The van der Waals surface area contributed by atoms with Crippen LogP contribution in [0.1, 0.15) is 5.56 Å². The predicted molar refractivity (Wildman–Crippen MR) is 99.7 cm³/mol. The summed E-state index contributed by atoms with van der Waals surface area (Å²) in [6.07, 6.45) is 0. The Morgan fingerprint density at radius 1 is 1.08 bits per heavy atom. The van der Waals surface area contributed by atoms with E-state index in [-0.39, 0.29) is 23.7 Å². The minimum absolute atomic E-state index is 0.0175. The highest BCUT2D eigenvalue weighted by atomic mass is 32.2. The van der Waals surface area contributed by atoms with Crippen molar-refractivity contribution in [3.05, 3.63) is 58.1 Å². The van der Waals surface area contributed by atoms with E-state index in [4.69, 9.17) is 5.73 Å². The zero-order valence-corrected chi connectivity index (χ0v) is 15.1. The molecule has 2 aromatic rings. The molecule has 0 amide bonds. The van der Waals surface area contributed by atoms with Crippen LogP contribution >= 0.6 is 0 Å². The van der Waals surface area contributed by atoms with Crippen molar-refractivity contribution in [2.45, 2.75) is 11.8 Å². The molecule has 9 heteroatoms. The van der Waals surface area contributed by atoms with Crippen LogP contribution in [0.2, 0.25) is 0 Å². The molecule has 138 valence electrons. The summed E-state index contributed by atoms with van der Waals surface area (Å²) in [5, 5.41) is 11.4. The lowest BCUT2D eigenvalue weighted by Crippen LogP contribution is -2.48. The fourth-order valence-corrected chi connectivity index (χ4v) is 4.45. The second kappa shape index (κ2) is 6.93. The van der Waals surface area contributed by atoms with Crippen LogP contribution in [-0.2, 0) is 10.0 Å². The van der Waals surface area contributed by atoms with E-state index in [2.05, 4.69) is 0 Å². The van der Waals surface area contributed by atoms with Gasteiger partial charge in [0.1, 0.15) is 5.69 Å². The van der Waals surface area contributed by atoms with Crippen molar-refractivity contribution in [2.75, 3.05) is 36.8 Å². The molecule has 0 unspecified atom stereocenters. The van der Waals surface area contributed by atoms with Crippen LogP contribution in [-0.4, -0.2) is 43.8 Å². The van der Waals surface area contributed by atoms with E-state index in [1.807, 2.05) is 4.90 Å². The molecule has 2 N–H and O–H groups in total. The number of rotatable bonds is 4. The fraction of sp³-hybridized carbons (Fsp3) is 0.294. The summed E-state index contributed by atoms with van der Waals surface area (Å²) in [6, 6.07) is 11.3. The van der Waals surface area contributed by atoms with Gasteiger partial charge >= 0.3 is 0 Å². The van der Waals surface area contributed by atoms with Gasteiger partial charge in [0.25, 0.3) is 5.69 Å². The topological polar surface area (TPSA) is 110 Å². The van der Waals surface area contributed by atoms with E-state index in [0.717, 1.165) is 0 Å². The number of nitrogens with two attached hydrogens (primary N) is 1. The molecule has 1 fully saturated rings. The fourth-order valence-electron chi connectivity index (χ4n) is 3.01. The normalized spacial score (nSPS) is 15.8. The number of benzene rings is 2. The van der Waals surface area contributed by atoms with E-state index in [1.54, 1.807) is 43.3 Å². The highest BCUT2D eigenvalue weighted by molar-refractivity contribution is 7.89. The lowest BCUT2D eigenvalue weighted by molar-refractivity contribution is -0.384. The first-order chi connectivity index (χ1) is 12.3. The van der Waals surface area contributed by atoms with Crippen molar-refractivity contribution in [3.63, 3.8) is 0 Å². The van der Waals surface area contributed by atoms with Crippen LogP contribution in [0.25, 0.3) is 0 Å². The molecule has 2 aromatic carbocycles. The van der Waals surface area contributed by atoms with Gasteiger partial charge in [-0.3, -0.25) is 10.1 Å². The maximum absolute atomic E-state index is 12.7. The van der Waals surface area contributed by atoms with Crippen LogP contribution < -0.4 is 10.6 Å². The van der Waals surface area contributed by atoms with Crippen LogP contribution in [0, 0.1) is 17.0 Å². The standard InChI is InChI=1S/C17H20N4O4S/c1-13-11-17(21(22)23)16(12-15(13)18)19-7-9-20(10-8-19)26(24,25)14-5-3-2-4-6-14/h2-6,11-12H,7-10,18H2,1H3. The van der Waals surface area contributed by atoms with E-state index >= 15 is 0 Å². The summed E-state index contributed by atoms with van der Waals surface area (Å²) in [6.45, 7) is 2.94. The number of nitrogens with zero attached hydrogens (tertiary/aromatic N) is 3. The number of aryl methyl sites for hydroxylation is 1. The molecule has 26 heavy (non-hydrogen) atoms. The molecular formula is C17H20N4O4S. The number of nitrogen functional groups attached to an aromatic ring is 1. The average Bonchev–Trinajstić information content (AvgIpc) is 2.64. The monoisotopic (exact) mass is 376 g/mol. The van der Waals surface area contributed by atoms with Crippen molar-refractivity contribution >= 4 is 27.1 Å². The molecular weight excluding hydrogens is 356 g/mol. The third-order valence-corrected chi connectivity index (χ3v) is 6.43. The molecule has 0 spiro atoms. The molecule has 0 radical (unpaired) electrons. The number of nitro groups is 1. The second-order valence-electron chi connectivity index (χ2n) is 6.16. The number of sulfonamides is 1. The van der Waals surface area contributed by atoms with Crippen molar-refractivity contribution in [1.82, 2.24) is 4.31 Å². The van der Waals surface area contributed by atoms with E-state index in [0.29, 0.717) is 30.0 Å². The van der Waals surface area contributed by atoms with E-state index < -0.39 is 14.9 Å². The quantitative estimate of drug-likeness (QED) is 0.496. The minimum Gasteiger partial charge on any atom is -0.398 e. The highest BCUT2D eigenvalue weighted by Crippen LogP contribution is 2.33. The summed E-state index contributed by atoms with van der Waals surface area (Å²) < 4.78 is 26.8. The number of hydrogen-bond acceptors (Lipinski definition) is 6. The first-order valence-electron chi connectivity index (χ1n) is 8.15. The lowest BCUT2D eigenvalue weighted by Gasteiger charge is -2.35. The molecule has 0 aromatic heterocycles. The average molecular weight is 376 g/mol. The van der Waals surface area contributed by atoms with Crippen molar-refractivity contribution in [1.29, 1.82) is 0 Å². The van der Waals surface area contributed by atoms with Gasteiger partial charge in [0.05, 0.1) is 9.82 Å². The maximum Gasteiger partial charge on any atom is 0.292 e. The summed E-state index contributed by atoms with van der Waals surface area (Å²) in [5.74, 6) is 0. The van der Waals surface area contributed by atoms with Gasteiger partial charge in [0.15, 0.2) is 0 Å². The van der Waals surface area contributed by atoms with Crippen molar-refractivity contribution in [3.8, 4) is 0 Å². The molecule has 8 nitrogen and oxygen atoms in total. The molecule has 1 saturated heterocycles. The Morgan fingerprint density at radius 3 is 2.27 bits per heavy atom. The summed E-state index contributed by atoms with van der Waals surface area (Å²) in [5.41, 5.74) is 7.44. The SMILES string of the molecule is Cc1cc([N+](=O)[O-])c(N2CCN(S(=O)(=O)c3ccccc3)CC2)cc1N. The van der Waals surface area contributed by atoms with Crippen molar-refractivity contribution in [2.24, 2.45) is 0 Å². The van der Waals surface area contributed by atoms with Crippen LogP contribution in [0.3, 0.4) is 0 Å². The first kappa shape index (κ1) is 18.2. The van der Waals surface area contributed by atoms with Crippen LogP contribution in [0.15, 0.2) is 47.4 Å². The zero-order valence-electron chi connectivity index (χ0n) is 14.3. The van der Waals surface area contributed by atoms with Gasteiger partial charge in [-0.15, -0.1) is 0 Å². The highest BCUT2D eigenvalue weighted by Gasteiger charge is 2.30. The van der Waals surface area contributed by atoms with E-state index in [1.165, 1.54) is 10.4 Å². The molecule has 0 saturated carbocycles. The van der Waals surface area contributed by atoms with Crippen molar-refractivity contribution < 1.29 is 13.3 Å². The third-order valence-electron chi connectivity index (χ3n) is 4.52. The Morgan fingerprint density at radius 2 is 1.69 bits per heavy atom. The largest absolute Gasteiger partial charge is 0.398 e. The lowest BCUT2D eigenvalue weighted by atomic mass is 10.1. The van der Waals surface area contributed by atoms with Crippen LogP contribution in [0.5, 0.6) is 0 Å². The Labute approximate surface area is 152 Å². The Balaban J connectivity index is 1.81. The molecule has 1 aliphatic rings. The van der Waals surface area contributed by atoms with Gasteiger partial charge in [-0.1, -0.05) is 18.2 Å². The Hall–Kier alpha value is -2.65. The third kappa shape index (κ3) is 3.35. The minimum atomic E-state index is -3.56. The predicted octanol–water partition coefficient (Wildman–Crippen LogP) is 2.00. The van der Waals surface area contributed by atoms with Gasteiger partial charge in [-0.05, 0) is 30.7 Å². The summed E-state index contributed by atoms with van der Waals surface area (Å²) in [7, 11) is -3.56. The number of anilines is 2. The number of piperazine rings is 1.